The standard InChI is InChI=1S/C20H32N2O3/c1-3-8-18(9-4-2)21-14-19-15-22(12-13-24-19)20(23)25-16-17-10-6-5-7-11-17/h5-7,10-11,18-19,21H,3-4,8-9,12-16H2,1-2H3. The van der Waals surface area contributed by atoms with Gasteiger partial charge in [0.15, 0.2) is 0 Å². The van der Waals surface area contributed by atoms with Crippen molar-refractivity contribution in [2.45, 2.75) is 58.3 Å². The van der Waals surface area contributed by atoms with Gasteiger partial charge in [0, 0.05) is 19.1 Å². The van der Waals surface area contributed by atoms with Gasteiger partial charge in [0.25, 0.3) is 0 Å². The molecule has 0 spiro atoms. The number of benzene rings is 1. The average molecular weight is 348 g/mol. The van der Waals surface area contributed by atoms with Crippen molar-refractivity contribution < 1.29 is 14.3 Å². The second kappa shape index (κ2) is 11.1. The van der Waals surface area contributed by atoms with E-state index in [1.165, 1.54) is 25.7 Å². The SMILES string of the molecule is CCCC(CCC)NCC1CN(C(=O)OCc2ccccc2)CCO1. The van der Waals surface area contributed by atoms with Crippen molar-refractivity contribution in [3.05, 3.63) is 35.9 Å². The van der Waals surface area contributed by atoms with Crippen molar-refractivity contribution in [1.29, 1.82) is 0 Å². The molecule has 1 N–H and O–H groups in total. The minimum Gasteiger partial charge on any atom is -0.445 e. The second-order valence-corrected chi connectivity index (χ2v) is 6.66. The minimum atomic E-state index is -0.254. The lowest BCUT2D eigenvalue weighted by atomic mass is 10.1. The van der Waals surface area contributed by atoms with E-state index in [2.05, 4.69) is 19.2 Å². The van der Waals surface area contributed by atoms with E-state index < -0.39 is 0 Å². The molecule has 1 unspecified atom stereocenters. The Hall–Kier alpha value is -1.59. The first-order chi connectivity index (χ1) is 12.2. The Morgan fingerprint density at radius 3 is 2.68 bits per heavy atom. The number of nitrogens with zero attached hydrogens (tertiary/aromatic N) is 1. The lowest BCUT2D eigenvalue weighted by Gasteiger charge is -2.33. The highest BCUT2D eigenvalue weighted by molar-refractivity contribution is 5.67. The van der Waals surface area contributed by atoms with Crippen molar-refractivity contribution in [2.75, 3.05) is 26.2 Å². The molecule has 1 aliphatic rings. The van der Waals surface area contributed by atoms with Crippen LogP contribution in [0, 0.1) is 0 Å². The summed E-state index contributed by atoms with van der Waals surface area (Å²) in [6.07, 6.45) is 4.51. The van der Waals surface area contributed by atoms with E-state index in [4.69, 9.17) is 9.47 Å². The van der Waals surface area contributed by atoms with Crippen LogP contribution in [-0.2, 0) is 16.1 Å². The fourth-order valence-electron chi connectivity index (χ4n) is 3.16. The first-order valence-electron chi connectivity index (χ1n) is 9.53. The fourth-order valence-corrected chi connectivity index (χ4v) is 3.16. The summed E-state index contributed by atoms with van der Waals surface area (Å²) in [5.41, 5.74) is 1.00. The third kappa shape index (κ3) is 7.04. The summed E-state index contributed by atoms with van der Waals surface area (Å²) < 4.78 is 11.2. The van der Waals surface area contributed by atoms with Crippen molar-refractivity contribution >= 4 is 6.09 Å². The average Bonchev–Trinajstić information content (AvgIpc) is 2.65. The van der Waals surface area contributed by atoms with Crippen molar-refractivity contribution in [2.24, 2.45) is 0 Å². The monoisotopic (exact) mass is 348 g/mol. The predicted octanol–water partition coefficient (Wildman–Crippen LogP) is 3.58. The van der Waals surface area contributed by atoms with E-state index in [1.807, 2.05) is 30.3 Å². The van der Waals surface area contributed by atoms with Gasteiger partial charge in [-0.3, -0.25) is 0 Å². The molecule has 0 radical (unpaired) electrons. The molecule has 25 heavy (non-hydrogen) atoms. The smallest absolute Gasteiger partial charge is 0.410 e. The number of rotatable bonds is 9. The Balaban J connectivity index is 1.74. The number of ether oxygens (including phenoxy) is 2. The third-order valence-corrected chi connectivity index (χ3v) is 4.51. The van der Waals surface area contributed by atoms with E-state index >= 15 is 0 Å². The lowest BCUT2D eigenvalue weighted by molar-refractivity contribution is -0.0281. The van der Waals surface area contributed by atoms with Crippen LogP contribution in [0.2, 0.25) is 0 Å². The molecule has 1 heterocycles. The highest BCUT2D eigenvalue weighted by atomic mass is 16.6. The number of hydrogen-bond acceptors (Lipinski definition) is 4. The normalized spacial score (nSPS) is 17.7. The molecule has 0 aromatic heterocycles. The van der Waals surface area contributed by atoms with E-state index in [0.29, 0.717) is 32.3 Å². The summed E-state index contributed by atoms with van der Waals surface area (Å²) in [6, 6.07) is 10.3. The van der Waals surface area contributed by atoms with Gasteiger partial charge in [-0.15, -0.1) is 0 Å². The molecule has 1 aromatic carbocycles. The van der Waals surface area contributed by atoms with Crippen LogP contribution >= 0.6 is 0 Å². The van der Waals surface area contributed by atoms with Crippen LogP contribution < -0.4 is 5.32 Å². The first-order valence-corrected chi connectivity index (χ1v) is 9.53. The molecule has 1 aliphatic heterocycles. The number of nitrogens with one attached hydrogen (secondary N) is 1. The van der Waals surface area contributed by atoms with Gasteiger partial charge < -0.3 is 19.7 Å². The largest absolute Gasteiger partial charge is 0.445 e. The molecular formula is C20H32N2O3. The molecule has 5 heteroatoms. The van der Waals surface area contributed by atoms with Gasteiger partial charge in [-0.2, -0.15) is 0 Å². The van der Waals surface area contributed by atoms with Crippen LogP contribution in [0.5, 0.6) is 0 Å². The van der Waals surface area contributed by atoms with Crippen molar-refractivity contribution in [3.63, 3.8) is 0 Å². The van der Waals surface area contributed by atoms with Gasteiger partial charge in [-0.05, 0) is 18.4 Å². The van der Waals surface area contributed by atoms with Crippen LogP contribution in [0.4, 0.5) is 4.79 Å². The van der Waals surface area contributed by atoms with Gasteiger partial charge in [0.2, 0.25) is 0 Å². The molecule has 0 saturated carbocycles. The number of carbonyl (C=O) groups excluding carboxylic acids is 1. The maximum Gasteiger partial charge on any atom is 0.410 e. The Labute approximate surface area is 151 Å². The summed E-state index contributed by atoms with van der Waals surface area (Å²) in [5.74, 6) is 0. The summed E-state index contributed by atoms with van der Waals surface area (Å²) in [5, 5.41) is 3.60. The quantitative estimate of drug-likeness (QED) is 0.741. The highest BCUT2D eigenvalue weighted by Crippen LogP contribution is 2.10. The minimum absolute atomic E-state index is 0.0363. The molecule has 1 fully saturated rings. The van der Waals surface area contributed by atoms with Crippen LogP contribution in [0.1, 0.15) is 45.1 Å². The van der Waals surface area contributed by atoms with E-state index in [9.17, 15) is 4.79 Å². The zero-order valence-electron chi connectivity index (χ0n) is 15.6. The summed E-state index contributed by atoms with van der Waals surface area (Å²) in [7, 11) is 0. The molecule has 1 saturated heterocycles. The van der Waals surface area contributed by atoms with E-state index in [1.54, 1.807) is 4.90 Å². The summed E-state index contributed by atoms with van der Waals surface area (Å²) >= 11 is 0. The van der Waals surface area contributed by atoms with Crippen LogP contribution in [-0.4, -0.2) is 49.4 Å². The highest BCUT2D eigenvalue weighted by Gasteiger charge is 2.25. The van der Waals surface area contributed by atoms with Gasteiger partial charge in [-0.1, -0.05) is 57.0 Å². The number of morpholine rings is 1. The van der Waals surface area contributed by atoms with Crippen LogP contribution in [0.3, 0.4) is 0 Å². The maximum atomic E-state index is 12.3. The van der Waals surface area contributed by atoms with E-state index in [-0.39, 0.29) is 12.2 Å². The first kappa shape index (κ1) is 19.7. The Kier molecular flexibility index (Phi) is 8.77. The Morgan fingerprint density at radius 1 is 1.28 bits per heavy atom. The van der Waals surface area contributed by atoms with Gasteiger partial charge in [0.05, 0.1) is 19.3 Å². The molecule has 1 aromatic rings. The molecule has 0 bridgehead atoms. The topological polar surface area (TPSA) is 50.8 Å². The zero-order valence-corrected chi connectivity index (χ0v) is 15.6. The number of carbonyl (C=O) groups is 1. The maximum absolute atomic E-state index is 12.3. The van der Waals surface area contributed by atoms with Crippen molar-refractivity contribution in [3.8, 4) is 0 Å². The molecule has 5 nitrogen and oxygen atoms in total. The zero-order chi connectivity index (χ0) is 17.9. The molecule has 1 amide bonds. The molecule has 0 aliphatic carbocycles. The Morgan fingerprint density at radius 2 is 2.00 bits per heavy atom. The Bertz CT molecular complexity index is 489. The molecule has 2 rings (SSSR count). The number of amides is 1. The van der Waals surface area contributed by atoms with E-state index in [0.717, 1.165) is 12.1 Å². The summed E-state index contributed by atoms with van der Waals surface area (Å²) in [4.78, 5) is 14.0. The second-order valence-electron chi connectivity index (χ2n) is 6.66. The van der Waals surface area contributed by atoms with Gasteiger partial charge in [0.1, 0.15) is 6.61 Å². The fraction of sp³-hybridized carbons (Fsp3) is 0.650. The van der Waals surface area contributed by atoms with Crippen LogP contribution in [0.25, 0.3) is 0 Å². The van der Waals surface area contributed by atoms with Gasteiger partial charge >= 0.3 is 6.09 Å². The lowest BCUT2D eigenvalue weighted by Crippen LogP contribution is -2.50. The predicted molar refractivity (Wildman–Crippen MR) is 99.5 cm³/mol. The third-order valence-electron chi connectivity index (χ3n) is 4.51. The van der Waals surface area contributed by atoms with Crippen molar-refractivity contribution in [1.82, 2.24) is 10.2 Å². The molecular weight excluding hydrogens is 316 g/mol. The van der Waals surface area contributed by atoms with Crippen LogP contribution in [0.15, 0.2) is 30.3 Å². The summed E-state index contributed by atoms with van der Waals surface area (Å²) in [6.45, 7) is 7.28. The molecule has 140 valence electrons. The number of hydrogen-bond donors (Lipinski definition) is 1. The molecule has 1 atom stereocenters. The van der Waals surface area contributed by atoms with Gasteiger partial charge in [-0.25, -0.2) is 4.79 Å².